The quantitative estimate of drug-likeness (QED) is 0.511. The number of aromatic nitrogens is 2. The van der Waals surface area contributed by atoms with Crippen LogP contribution in [0.4, 0.5) is 5.69 Å². The molecule has 1 aromatic carbocycles. The third-order valence-electron chi connectivity index (χ3n) is 2.50. The van der Waals surface area contributed by atoms with Crippen LogP contribution in [0.3, 0.4) is 0 Å². The number of non-ortho nitro benzene ring substituents is 1. The molecule has 108 valence electrons. The van der Waals surface area contributed by atoms with Gasteiger partial charge in [0.2, 0.25) is 0 Å². The number of hydrazone groups is 1. The van der Waals surface area contributed by atoms with E-state index in [1.54, 1.807) is 13.0 Å². The Morgan fingerprint density at radius 2 is 2.29 bits per heavy atom. The number of nitrogens with one attached hydrogen (secondary N) is 2. The minimum Gasteiger partial charge on any atom is -0.282 e. The Morgan fingerprint density at radius 1 is 1.52 bits per heavy atom. The lowest BCUT2D eigenvalue weighted by molar-refractivity contribution is -0.384. The van der Waals surface area contributed by atoms with E-state index in [1.165, 1.54) is 24.4 Å². The van der Waals surface area contributed by atoms with Gasteiger partial charge >= 0.3 is 0 Å². The van der Waals surface area contributed by atoms with Crippen molar-refractivity contribution in [3.05, 3.63) is 56.4 Å². The molecule has 1 amide bonds. The average molecular weight is 308 g/mol. The number of hydrogen-bond donors (Lipinski definition) is 2. The maximum atomic E-state index is 11.7. The van der Waals surface area contributed by atoms with Crippen molar-refractivity contribution in [3.8, 4) is 0 Å². The second kappa shape index (κ2) is 6.14. The van der Waals surface area contributed by atoms with Crippen LogP contribution in [0, 0.1) is 17.0 Å². The first kappa shape index (κ1) is 14.7. The van der Waals surface area contributed by atoms with Gasteiger partial charge in [-0.15, -0.1) is 0 Å². The van der Waals surface area contributed by atoms with Gasteiger partial charge in [-0.2, -0.15) is 10.2 Å². The van der Waals surface area contributed by atoms with Gasteiger partial charge in [0.25, 0.3) is 11.6 Å². The molecule has 0 atom stereocenters. The van der Waals surface area contributed by atoms with Crippen LogP contribution in [-0.4, -0.2) is 27.2 Å². The topological polar surface area (TPSA) is 113 Å². The minimum absolute atomic E-state index is 0.116. The SMILES string of the molecule is Cc1cc(C(=O)NN=Cc2cc([N+](=O)[O-])ccc2Cl)n[nH]1. The molecule has 1 heterocycles. The fourth-order valence-electron chi connectivity index (χ4n) is 1.50. The maximum Gasteiger partial charge on any atom is 0.291 e. The molecule has 0 fully saturated rings. The number of H-pyrrole nitrogens is 1. The predicted molar refractivity (Wildman–Crippen MR) is 76.5 cm³/mol. The lowest BCUT2D eigenvalue weighted by Crippen LogP contribution is -2.18. The Hall–Kier alpha value is -2.74. The molecule has 21 heavy (non-hydrogen) atoms. The Labute approximate surface area is 124 Å². The minimum atomic E-state index is -0.543. The van der Waals surface area contributed by atoms with Crippen molar-refractivity contribution in [2.75, 3.05) is 0 Å². The van der Waals surface area contributed by atoms with Gasteiger partial charge in [-0.3, -0.25) is 20.0 Å². The molecule has 2 N–H and O–H groups in total. The molecule has 2 aromatic rings. The average Bonchev–Trinajstić information content (AvgIpc) is 2.87. The molecule has 0 aliphatic rings. The van der Waals surface area contributed by atoms with Crippen molar-refractivity contribution in [3.63, 3.8) is 0 Å². The molecule has 9 heteroatoms. The summed E-state index contributed by atoms with van der Waals surface area (Å²) >= 11 is 5.89. The molecule has 0 saturated heterocycles. The van der Waals surface area contributed by atoms with E-state index in [9.17, 15) is 14.9 Å². The predicted octanol–water partition coefficient (Wildman–Crippen LogP) is 2.04. The zero-order valence-electron chi connectivity index (χ0n) is 10.8. The molecule has 0 radical (unpaired) electrons. The van der Waals surface area contributed by atoms with E-state index in [0.717, 1.165) is 5.69 Å². The van der Waals surface area contributed by atoms with Crippen LogP contribution in [0.1, 0.15) is 21.7 Å². The molecule has 0 aliphatic carbocycles. The van der Waals surface area contributed by atoms with E-state index in [4.69, 9.17) is 11.6 Å². The normalized spacial score (nSPS) is 10.8. The molecular formula is C12H10ClN5O3. The Morgan fingerprint density at radius 3 is 2.90 bits per heavy atom. The van der Waals surface area contributed by atoms with E-state index in [-0.39, 0.29) is 16.4 Å². The summed E-state index contributed by atoms with van der Waals surface area (Å²) in [6, 6.07) is 5.49. The molecule has 0 spiro atoms. The van der Waals surface area contributed by atoms with Crippen LogP contribution < -0.4 is 5.43 Å². The van der Waals surface area contributed by atoms with Gasteiger partial charge in [0.05, 0.1) is 11.1 Å². The van der Waals surface area contributed by atoms with Crippen LogP contribution in [0.15, 0.2) is 29.4 Å². The lowest BCUT2D eigenvalue weighted by atomic mass is 10.2. The van der Waals surface area contributed by atoms with Gasteiger partial charge in [-0.25, -0.2) is 5.43 Å². The summed E-state index contributed by atoms with van der Waals surface area (Å²) in [6.07, 6.45) is 1.23. The van der Waals surface area contributed by atoms with Crippen molar-refractivity contribution in [2.24, 2.45) is 5.10 Å². The summed E-state index contributed by atoms with van der Waals surface area (Å²) in [5.74, 6) is -0.503. The van der Waals surface area contributed by atoms with Crippen LogP contribution in [0.25, 0.3) is 0 Å². The number of benzene rings is 1. The first-order valence-electron chi connectivity index (χ1n) is 5.76. The number of aromatic amines is 1. The van der Waals surface area contributed by atoms with Crippen LogP contribution in [0.5, 0.6) is 0 Å². The van der Waals surface area contributed by atoms with Gasteiger partial charge in [-0.05, 0) is 19.1 Å². The van der Waals surface area contributed by atoms with Gasteiger partial charge in [0, 0.05) is 28.4 Å². The highest BCUT2D eigenvalue weighted by Gasteiger charge is 2.09. The van der Waals surface area contributed by atoms with Crippen molar-refractivity contribution < 1.29 is 9.72 Å². The van der Waals surface area contributed by atoms with Gasteiger partial charge in [-0.1, -0.05) is 11.6 Å². The molecule has 1 aromatic heterocycles. The van der Waals surface area contributed by atoms with E-state index >= 15 is 0 Å². The van der Waals surface area contributed by atoms with E-state index < -0.39 is 10.8 Å². The molecule has 0 saturated carbocycles. The fraction of sp³-hybridized carbons (Fsp3) is 0.0833. The van der Waals surface area contributed by atoms with Crippen molar-refractivity contribution in [2.45, 2.75) is 6.92 Å². The summed E-state index contributed by atoms with van der Waals surface area (Å²) in [5, 5.41) is 21.1. The highest BCUT2D eigenvalue weighted by atomic mass is 35.5. The molecule has 2 rings (SSSR count). The largest absolute Gasteiger partial charge is 0.291 e. The number of hydrogen-bond acceptors (Lipinski definition) is 5. The third-order valence-corrected chi connectivity index (χ3v) is 2.84. The second-order valence-corrected chi connectivity index (χ2v) is 4.51. The molecule has 0 unspecified atom stereocenters. The van der Waals surface area contributed by atoms with Crippen LogP contribution in [0.2, 0.25) is 5.02 Å². The van der Waals surface area contributed by atoms with Crippen molar-refractivity contribution >= 4 is 29.4 Å². The monoisotopic (exact) mass is 307 g/mol. The van der Waals surface area contributed by atoms with Crippen LogP contribution >= 0.6 is 11.6 Å². The summed E-state index contributed by atoms with van der Waals surface area (Å²) in [5.41, 5.74) is 3.40. The van der Waals surface area contributed by atoms with E-state index in [1.807, 2.05) is 0 Å². The standard InChI is InChI=1S/C12H10ClN5O3/c1-7-4-11(16-15-7)12(19)17-14-6-8-5-9(18(20)21)2-3-10(8)13/h2-6H,1H3,(H,15,16)(H,17,19). The number of carbonyl (C=O) groups excluding carboxylic acids is 1. The Balaban J connectivity index is 2.09. The Bertz CT molecular complexity index is 725. The third kappa shape index (κ3) is 3.63. The van der Waals surface area contributed by atoms with Crippen LogP contribution in [-0.2, 0) is 0 Å². The number of nitro groups is 1. The molecule has 8 nitrogen and oxygen atoms in total. The first-order chi connectivity index (χ1) is 9.97. The number of nitro benzene ring substituents is 1. The van der Waals surface area contributed by atoms with Gasteiger partial charge in [0.15, 0.2) is 5.69 Å². The highest BCUT2D eigenvalue weighted by Crippen LogP contribution is 2.20. The van der Waals surface area contributed by atoms with E-state index in [0.29, 0.717) is 5.56 Å². The lowest BCUT2D eigenvalue weighted by Gasteiger charge is -1.98. The van der Waals surface area contributed by atoms with Crippen molar-refractivity contribution in [1.82, 2.24) is 15.6 Å². The number of halogens is 1. The van der Waals surface area contributed by atoms with E-state index in [2.05, 4.69) is 20.7 Å². The maximum absolute atomic E-state index is 11.7. The number of rotatable bonds is 4. The number of amides is 1. The summed E-state index contributed by atoms with van der Waals surface area (Å²) < 4.78 is 0. The highest BCUT2D eigenvalue weighted by molar-refractivity contribution is 6.33. The number of carbonyl (C=O) groups is 1. The zero-order chi connectivity index (χ0) is 15.4. The number of aryl methyl sites for hydroxylation is 1. The van der Waals surface area contributed by atoms with Crippen molar-refractivity contribution in [1.29, 1.82) is 0 Å². The second-order valence-electron chi connectivity index (χ2n) is 4.10. The summed E-state index contributed by atoms with van der Waals surface area (Å²) in [6.45, 7) is 1.76. The van der Waals surface area contributed by atoms with Gasteiger partial charge in [0.1, 0.15) is 0 Å². The fourth-order valence-corrected chi connectivity index (χ4v) is 1.66. The molecular weight excluding hydrogens is 298 g/mol. The summed E-state index contributed by atoms with van der Waals surface area (Å²) in [7, 11) is 0. The Kier molecular flexibility index (Phi) is 4.29. The number of nitrogens with zero attached hydrogens (tertiary/aromatic N) is 3. The summed E-state index contributed by atoms with van der Waals surface area (Å²) in [4.78, 5) is 21.8. The molecule has 0 bridgehead atoms. The zero-order valence-corrected chi connectivity index (χ0v) is 11.6. The first-order valence-corrected chi connectivity index (χ1v) is 6.14. The molecule has 0 aliphatic heterocycles. The smallest absolute Gasteiger partial charge is 0.282 e. The van der Waals surface area contributed by atoms with Gasteiger partial charge < -0.3 is 0 Å².